The first-order valence-electron chi connectivity index (χ1n) is 9.14. The fraction of sp³-hybridized carbons (Fsp3) is 0.211. The third-order valence-electron chi connectivity index (χ3n) is 4.10. The van der Waals surface area contributed by atoms with Crippen molar-refractivity contribution < 1.29 is 25.9 Å². The predicted molar refractivity (Wildman–Crippen MR) is 114 cm³/mol. The van der Waals surface area contributed by atoms with Gasteiger partial charge in [0.05, 0.1) is 9.79 Å². The van der Waals surface area contributed by atoms with E-state index in [1.165, 1.54) is 48.5 Å². The molecule has 0 radical (unpaired) electrons. The number of aromatic nitrogens is 3. The molecule has 0 amide bonds. The normalized spacial score (nSPS) is 12.4. The Morgan fingerprint density at radius 2 is 1.00 bits per heavy atom. The summed E-state index contributed by atoms with van der Waals surface area (Å²) >= 11 is 0. The molecule has 0 unspecified atom stereocenters. The quantitative estimate of drug-likeness (QED) is 0.498. The average molecular weight is 478 g/mol. The largest absolute Gasteiger partial charge is 0.744 e. The molecule has 0 aliphatic carbocycles. The van der Waals surface area contributed by atoms with Crippen LogP contribution in [0.1, 0.15) is 26.6 Å². The van der Waals surface area contributed by atoms with Crippen molar-refractivity contribution >= 4 is 43.5 Å². The summed E-state index contributed by atoms with van der Waals surface area (Å²) in [6, 6.07) is 10.3. The van der Waals surface area contributed by atoms with E-state index in [1.54, 1.807) is 0 Å². The molecule has 0 atom stereocenters. The number of benzene rings is 2. The molecule has 1 aromatic heterocycles. The molecule has 0 spiro atoms. The van der Waals surface area contributed by atoms with E-state index in [-0.39, 0.29) is 21.7 Å². The van der Waals surface area contributed by atoms with Crippen LogP contribution in [0.5, 0.6) is 0 Å². The molecule has 2 aromatic carbocycles. The maximum absolute atomic E-state index is 11.1. The third kappa shape index (κ3) is 5.97. The van der Waals surface area contributed by atoms with Crippen molar-refractivity contribution in [1.82, 2.24) is 15.0 Å². The summed E-state index contributed by atoms with van der Waals surface area (Å²) in [4.78, 5) is 12.3. The fourth-order valence-corrected chi connectivity index (χ4v) is 3.43. The van der Waals surface area contributed by atoms with E-state index in [4.69, 9.17) is 0 Å². The summed E-state index contributed by atoms with van der Waals surface area (Å²) in [7, 11) is -9.12. The molecule has 3 rings (SSSR count). The van der Waals surface area contributed by atoms with Crippen molar-refractivity contribution in [3.05, 3.63) is 54.4 Å². The van der Waals surface area contributed by atoms with Gasteiger partial charge >= 0.3 is 0 Å². The Morgan fingerprint density at radius 1 is 0.656 bits per heavy atom. The van der Waals surface area contributed by atoms with Gasteiger partial charge in [-0.1, -0.05) is 20.8 Å². The Balaban J connectivity index is 1.91. The molecule has 1 heterocycles. The SMILES string of the molecule is CC(C)(C)c1nc(Nc2ccc(S(=O)(=O)[O-])cc2)nc(Nc2ccc(S(=O)(=O)[O-])cc2)n1. The van der Waals surface area contributed by atoms with Crippen LogP contribution < -0.4 is 10.6 Å². The highest BCUT2D eigenvalue weighted by atomic mass is 32.2. The Hall–Kier alpha value is -3.13. The molecule has 0 aliphatic heterocycles. The van der Waals surface area contributed by atoms with E-state index < -0.39 is 25.7 Å². The second-order valence-electron chi connectivity index (χ2n) is 7.76. The minimum absolute atomic E-state index is 0.156. The van der Waals surface area contributed by atoms with Gasteiger partial charge in [0.1, 0.15) is 26.1 Å². The molecule has 0 bridgehead atoms. The molecule has 0 aliphatic rings. The Kier molecular flexibility index (Phi) is 6.20. The first-order valence-corrected chi connectivity index (χ1v) is 12.0. The van der Waals surface area contributed by atoms with Crippen LogP contribution in [-0.4, -0.2) is 40.9 Å². The number of hydrogen-bond acceptors (Lipinski definition) is 11. The lowest BCUT2D eigenvalue weighted by molar-refractivity contribution is 0.461. The summed E-state index contributed by atoms with van der Waals surface area (Å²) in [5, 5.41) is 5.86. The molecule has 3 aromatic rings. The predicted octanol–water partition coefficient (Wildman–Crippen LogP) is 2.46. The van der Waals surface area contributed by atoms with Gasteiger partial charge in [-0.05, 0) is 48.5 Å². The van der Waals surface area contributed by atoms with Gasteiger partial charge in [0, 0.05) is 16.8 Å². The molecule has 170 valence electrons. The maximum atomic E-state index is 11.1. The number of rotatable bonds is 6. The van der Waals surface area contributed by atoms with Crippen molar-refractivity contribution in [2.75, 3.05) is 10.6 Å². The number of nitrogens with zero attached hydrogens (tertiary/aromatic N) is 3. The van der Waals surface area contributed by atoms with E-state index >= 15 is 0 Å². The lowest BCUT2D eigenvalue weighted by atomic mass is 9.96. The van der Waals surface area contributed by atoms with Gasteiger partial charge in [-0.3, -0.25) is 0 Å². The summed E-state index contributed by atoms with van der Waals surface area (Å²) in [5.41, 5.74) is 0.440. The van der Waals surface area contributed by atoms with Crippen LogP contribution in [0.3, 0.4) is 0 Å². The summed E-state index contributed by atoms with van der Waals surface area (Å²) < 4.78 is 66.5. The number of hydrogen-bond donors (Lipinski definition) is 2. The zero-order chi connectivity index (χ0) is 23.7. The molecule has 2 N–H and O–H groups in total. The molecule has 11 nitrogen and oxygen atoms in total. The molecule has 0 saturated carbocycles. The van der Waals surface area contributed by atoms with Crippen LogP contribution >= 0.6 is 0 Å². The van der Waals surface area contributed by atoms with Gasteiger partial charge in [0.25, 0.3) is 0 Å². The average Bonchev–Trinajstić information content (AvgIpc) is 2.66. The molecular formula is C19H19N5O6S2-2. The Morgan fingerprint density at radius 3 is 1.28 bits per heavy atom. The molecule has 0 saturated heterocycles. The zero-order valence-corrected chi connectivity index (χ0v) is 18.9. The standard InChI is InChI=1S/C19H21N5O6S2/c1-19(2,3)16-22-17(20-12-4-8-14(9-5-12)31(25,26)27)24-18(23-16)21-13-6-10-15(11-7-13)32(28,29)30/h4-11H,1-3H3,(H,25,26,27)(H,28,29,30)(H2,20,21,22,23,24)/p-2. The number of nitrogens with one attached hydrogen (secondary N) is 2. The lowest BCUT2D eigenvalue weighted by Gasteiger charge is -2.19. The van der Waals surface area contributed by atoms with Gasteiger partial charge in [-0.15, -0.1) is 0 Å². The molecular weight excluding hydrogens is 458 g/mol. The van der Waals surface area contributed by atoms with Crippen LogP contribution in [0.25, 0.3) is 0 Å². The van der Waals surface area contributed by atoms with Crippen molar-refractivity contribution in [3.8, 4) is 0 Å². The van der Waals surface area contributed by atoms with E-state index in [9.17, 15) is 25.9 Å². The van der Waals surface area contributed by atoms with Crippen LogP contribution in [0, 0.1) is 0 Å². The Labute approximate surface area is 185 Å². The Bertz CT molecular complexity index is 1240. The highest BCUT2D eigenvalue weighted by Crippen LogP contribution is 2.24. The van der Waals surface area contributed by atoms with E-state index in [1.807, 2.05) is 20.8 Å². The third-order valence-corrected chi connectivity index (χ3v) is 5.80. The minimum atomic E-state index is -4.56. The topological polar surface area (TPSA) is 177 Å². The van der Waals surface area contributed by atoms with E-state index in [2.05, 4.69) is 25.6 Å². The van der Waals surface area contributed by atoms with Crippen molar-refractivity contribution in [3.63, 3.8) is 0 Å². The second kappa shape index (κ2) is 8.43. The lowest BCUT2D eigenvalue weighted by Crippen LogP contribution is -2.19. The minimum Gasteiger partial charge on any atom is -0.744 e. The van der Waals surface area contributed by atoms with Crippen molar-refractivity contribution in [1.29, 1.82) is 0 Å². The van der Waals surface area contributed by atoms with Gasteiger partial charge in [0.2, 0.25) is 11.9 Å². The highest BCUT2D eigenvalue weighted by Gasteiger charge is 2.20. The van der Waals surface area contributed by atoms with Gasteiger partial charge in [0.15, 0.2) is 0 Å². The van der Waals surface area contributed by atoms with Crippen LogP contribution in [0.15, 0.2) is 58.3 Å². The highest BCUT2D eigenvalue weighted by molar-refractivity contribution is 7.86. The zero-order valence-electron chi connectivity index (χ0n) is 17.2. The fourth-order valence-electron chi connectivity index (χ4n) is 2.49. The van der Waals surface area contributed by atoms with Gasteiger partial charge in [-0.25, -0.2) is 16.8 Å². The smallest absolute Gasteiger partial charge is 0.232 e. The maximum Gasteiger partial charge on any atom is 0.232 e. The molecule has 13 heteroatoms. The van der Waals surface area contributed by atoms with E-state index in [0.717, 1.165) is 0 Å². The van der Waals surface area contributed by atoms with Gasteiger partial charge < -0.3 is 19.7 Å². The number of anilines is 4. The first-order chi connectivity index (χ1) is 14.7. The first kappa shape index (κ1) is 23.5. The second-order valence-corrected chi connectivity index (χ2v) is 10.5. The summed E-state index contributed by atoms with van der Waals surface area (Å²) in [6.07, 6.45) is 0. The molecule has 32 heavy (non-hydrogen) atoms. The van der Waals surface area contributed by atoms with E-state index in [0.29, 0.717) is 17.2 Å². The van der Waals surface area contributed by atoms with Crippen LogP contribution in [0.2, 0.25) is 0 Å². The molecule has 0 fully saturated rings. The van der Waals surface area contributed by atoms with Crippen LogP contribution in [-0.2, 0) is 25.7 Å². The summed E-state index contributed by atoms with van der Waals surface area (Å²) in [6.45, 7) is 5.70. The summed E-state index contributed by atoms with van der Waals surface area (Å²) in [5.74, 6) is 0.753. The van der Waals surface area contributed by atoms with Crippen molar-refractivity contribution in [2.45, 2.75) is 36.0 Å². The van der Waals surface area contributed by atoms with Gasteiger partial charge in [-0.2, -0.15) is 15.0 Å². The van der Waals surface area contributed by atoms with Crippen LogP contribution in [0.4, 0.5) is 23.3 Å². The van der Waals surface area contributed by atoms with Crippen molar-refractivity contribution in [2.24, 2.45) is 0 Å². The monoisotopic (exact) mass is 477 g/mol.